The van der Waals surface area contributed by atoms with Gasteiger partial charge in [0, 0.05) is 11.3 Å². The Balaban J connectivity index is 1.85. The molecule has 1 amide bonds. The molecule has 1 fully saturated rings. The van der Waals surface area contributed by atoms with Crippen LogP contribution in [0, 0.1) is 0 Å². The quantitative estimate of drug-likeness (QED) is 0.241. The Labute approximate surface area is 218 Å². The highest BCUT2D eigenvalue weighted by Crippen LogP contribution is 2.43. The number of ether oxygens (including phenoxy) is 2. The zero-order chi connectivity index (χ0) is 26.9. The Morgan fingerprint density at radius 2 is 1.43 bits per heavy atom. The van der Waals surface area contributed by atoms with Crippen LogP contribution in [0.3, 0.4) is 0 Å². The van der Waals surface area contributed by atoms with Crippen LogP contribution in [-0.4, -0.2) is 30.0 Å². The normalized spacial score (nSPS) is 17.4. The van der Waals surface area contributed by atoms with E-state index >= 15 is 0 Å². The van der Waals surface area contributed by atoms with Crippen molar-refractivity contribution in [2.24, 2.45) is 0 Å². The van der Waals surface area contributed by atoms with E-state index < -0.39 is 17.7 Å². The molecule has 192 valence electrons. The Bertz CT molecular complexity index is 1310. The van der Waals surface area contributed by atoms with E-state index in [-0.39, 0.29) is 22.9 Å². The average Bonchev–Trinajstić information content (AvgIpc) is 3.13. The van der Waals surface area contributed by atoms with Gasteiger partial charge in [0.15, 0.2) is 0 Å². The van der Waals surface area contributed by atoms with Crippen molar-refractivity contribution in [3.05, 3.63) is 95.1 Å². The van der Waals surface area contributed by atoms with Gasteiger partial charge in [-0.1, -0.05) is 45.0 Å². The van der Waals surface area contributed by atoms with Crippen molar-refractivity contribution in [3.8, 4) is 11.5 Å². The van der Waals surface area contributed by atoms with Gasteiger partial charge in [-0.25, -0.2) is 0 Å². The molecular formula is C31H33NO5. The van der Waals surface area contributed by atoms with E-state index in [9.17, 15) is 14.7 Å². The van der Waals surface area contributed by atoms with Crippen LogP contribution in [0.1, 0.15) is 57.4 Å². The molecule has 1 atom stereocenters. The Morgan fingerprint density at radius 1 is 0.865 bits per heavy atom. The first-order valence-corrected chi connectivity index (χ1v) is 12.3. The fourth-order valence-corrected chi connectivity index (χ4v) is 4.44. The zero-order valence-electron chi connectivity index (χ0n) is 22.1. The fraction of sp³-hybridized carbons (Fsp3) is 0.290. The number of aliphatic hydroxyl groups excluding tert-OH is 1. The number of ketones is 1. The number of hydrogen-bond donors (Lipinski definition) is 1. The van der Waals surface area contributed by atoms with Crippen LogP contribution in [-0.2, 0) is 15.0 Å². The first-order valence-electron chi connectivity index (χ1n) is 12.3. The number of amides is 1. The summed E-state index contributed by atoms with van der Waals surface area (Å²) in [4.78, 5) is 28.2. The molecule has 3 aromatic carbocycles. The average molecular weight is 500 g/mol. The molecule has 6 heteroatoms. The largest absolute Gasteiger partial charge is 0.507 e. The van der Waals surface area contributed by atoms with Crippen molar-refractivity contribution >= 4 is 23.1 Å². The summed E-state index contributed by atoms with van der Waals surface area (Å²) in [6.45, 7) is 10.2. The van der Waals surface area contributed by atoms with Crippen LogP contribution in [0.5, 0.6) is 11.5 Å². The number of nitrogens with zero attached hydrogens (tertiary/aromatic N) is 1. The third-order valence-electron chi connectivity index (χ3n) is 6.39. The first-order chi connectivity index (χ1) is 17.5. The monoisotopic (exact) mass is 499 g/mol. The SMILES string of the molecule is COc1ccc(N2C(=O)C(=O)/C(=C(\O)c3ccc(OC(C)C)cc3)C2c2ccc(C(C)(C)C)cc2)cc1. The Kier molecular flexibility index (Phi) is 7.12. The van der Waals surface area contributed by atoms with E-state index in [1.165, 1.54) is 4.90 Å². The summed E-state index contributed by atoms with van der Waals surface area (Å²) in [5.74, 6) is -0.373. The molecular weight excluding hydrogens is 466 g/mol. The van der Waals surface area contributed by atoms with E-state index in [0.717, 1.165) is 11.1 Å². The molecule has 0 aromatic heterocycles. The molecule has 1 heterocycles. The van der Waals surface area contributed by atoms with Gasteiger partial charge >= 0.3 is 0 Å². The molecule has 0 bridgehead atoms. The number of methoxy groups -OCH3 is 1. The number of benzene rings is 3. The second kappa shape index (κ2) is 10.1. The molecule has 1 aliphatic heterocycles. The lowest BCUT2D eigenvalue weighted by Gasteiger charge is -2.26. The standard InChI is InChI=1S/C31H33NO5/c1-19(2)37-25-15-9-21(10-16-25)28(33)26-27(20-7-11-22(12-8-20)31(3,4)5)32(30(35)29(26)34)23-13-17-24(36-6)18-14-23/h7-19,27,33H,1-6H3/b28-26-. The summed E-state index contributed by atoms with van der Waals surface area (Å²) in [6.07, 6.45) is 0.00494. The molecule has 4 rings (SSSR count). The molecule has 6 nitrogen and oxygen atoms in total. The predicted octanol–water partition coefficient (Wildman–Crippen LogP) is 6.41. The summed E-state index contributed by atoms with van der Waals surface area (Å²) in [6, 6.07) is 20.8. The van der Waals surface area contributed by atoms with E-state index in [1.54, 1.807) is 55.6 Å². The van der Waals surface area contributed by atoms with Gasteiger partial charge in [-0.05, 0) is 78.9 Å². The van der Waals surface area contributed by atoms with Crippen LogP contribution in [0.4, 0.5) is 5.69 Å². The minimum atomic E-state index is -0.797. The van der Waals surface area contributed by atoms with Crippen molar-refractivity contribution in [1.29, 1.82) is 0 Å². The van der Waals surface area contributed by atoms with Gasteiger partial charge in [0.2, 0.25) is 0 Å². The van der Waals surface area contributed by atoms with Gasteiger partial charge in [0.05, 0.1) is 24.8 Å². The molecule has 37 heavy (non-hydrogen) atoms. The lowest BCUT2D eigenvalue weighted by molar-refractivity contribution is -0.132. The van der Waals surface area contributed by atoms with Gasteiger partial charge in [-0.2, -0.15) is 0 Å². The molecule has 0 saturated carbocycles. The first kappa shape index (κ1) is 26.0. The van der Waals surface area contributed by atoms with E-state index in [0.29, 0.717) is 22.7 Å². The van der Waals surface area contributed by atoms with Crippen molar-refractivity contribution in [2.75, 3.05) is 12.0 Å². The van der Waals surface area contributed by atoms with E-state index in [1.807, 2.05) is 38.1 Å². The van der Waals surface area contributed by atoms with Crippen LogP contribution < -0.4 is 14.4 Å². The summed E-state index contributed by atoms with van der Waals surface area (Å²) in [5, 5.41) is 11.4. The number of hydrogen-bond acceptors (Lipinski definition) is 5. The molecule has 1 N–H and O–H groups in total. The molecule has 1 saturated heterocycles. The number of anilines is 1. The predicted molar refractivity (Wildman–Crippen MR) is 145 cm³/mol. The maximum atomic E-state index is 13.4. The minimum absolute atomic E-state index is 0.00494. The topological polar surface area (TPSA) is 76.1 Å². The molecule has 3 aromatic rings. The number of rotatable bonds is 6. The van der Waals surface area contributed by atoms with Crippen molar-refractivity contribution in [1.82, 2.24) is 0 Å². The molecule has 1 aliphatic rings. The van der Waals surface area contributed by atoms with Crippen LogP contribution >= 0.6 is 0 Å². The summed E-state index contributed by atoms with van der Waals surface area (Å²) in [7, 11) is 1.56. The summed E-state index contributed by atoms with van der Waals surface area (Å²) >= 11 is 0. The van der Waals surface area contributed by atoms with Gasteiger partial charge in [-0.3, -0.25) is 14.5 Å². The molecule has 1 unspecified atom stereocenters. The highest BCUT2D eigenvalue weighted by Gasteiger charge is 2.47. The smallest absolute Gasteiger partial charge is 0.300 e. The van der Waals surface area contributed by atoms with Crippen LogP contribution in [0.15, 0.2) is 78.4 Å². The highest BCUT2D eigenvalue weighted by molar-refractivity contribution is 6.51. The molecule has 0 aliphatic carbocycles. The Morgan fingerprint density at radius 3 is 1.95 bits per heavy atom. The second-order valence-electron chi connectivity index (χ2n) is 10.4. The zero-order valence-corrected chi connectivity index (χ0v) is 22.1. The lowest BCUT2D eigenvalue weighted by Crippen LogP contribution is -2.29. The lowest BCUT2D eigenvalue weighted by atomic mass is 9.85. The molecule has 0 radical (unpaired) electrons. The van der Waals surface area contributed by atoms with Gasteiger partial charge < -0.3 is 14.6 Å². The number of carbonyl (C=O) groups is 2. The summed E-state index contributed by atoms with van der Waals surface area (Å²) < 4.78 is 11.0. The van der Waals surface area contributed by atoms with Gasteiger partial charge in [0.1, 0.15) is 17.3 Å². The summed E-state index contributed by atoms with van der Waals surface area (Å²) in [5.41, 5.74) is 2.80. The minimum Gasteiger partial charge on any atom is -0.507 e. The number of Topliss-reactive ketones (excluding diaryl/α,β-unsaturated/α-hetero) is 1. The van der Waals surface area contributed by atoms with Gasteiger partial charge in [-0.15, -0.1) is 0 Å². The third-order valence-corrected chi connectivity index (χ3v) is 6.39. The second-order valence-corrected chi connectivity index (χ2v) is 10.4. The maximum Gasteiger partial charge on any atom is 0.300 e. The number of carbonyl (C=O) groups excluding carboxylic acids is 2. The maximum absolute atomic E-state index is 13.4. The van der Waals surface area contributed by atoms with E-state index in [4.69, 9.17) is 9.47 Å². The van der Waals surface area contributed by atoms with Crippen molar-refractivity contribution < 1.29 is 24.2 Å². The van der Waals surface area contributed by atoms with Crippen LogP contribution in [0.2, 0.25) is 0 Å². The number of aliphatic hydroxyl groups is 1. The van der Waals surface area contributed by atoms with Crippen LogP contribution in [0.25, 0.3) is 5.76 Å². The fourth-order valence-electron chi connectivity index (χ4n) is 4.44. The molecule has 0 spiro atoms. The van der Waals surface area contributed by atoms with E-state index in [2.05, 4.69) is 20.8 Å². The third kappa shape index (κ3) is 5.24. The van der Waals surface area contributed by atoms with Gasteiger partial charge in [0.25, 0.3) is 11.7 Å². The van der Waals surface area contributed by atoms with Crippen molar-refractivity contribution in [3.63, 3.8) is 0 Å². The Hall–Kier alpha value is -4.06. The highest BCUT2D eigenvalue weighted by atomic mass is 16.5. The van der Waals surface area contributed by atoms with Crippen molar-refractivity contribution in [2.45, 2.75) is 52.2 Å².